The zero-order chi connectivity index (χ0) is 17.6. The molecule has 0 aliphatic heterocycles. The maximum atomic E-state index is 13.4. The number of allylic oxidation sites excluding steroid dienone is 4. The van der Waals surface area contributed by atoms with E-state index in [1.54, 1.807) is 11.3 Å². The average molecular weight is 356 g/mol. The molecule has 1 saturated carbocycles. The highest BCUT2D eigenvalue weighted by atomic mass is 32.1. The second kappa shape index (κ2) is 6.50. The van der Waals surface area contributed by atoms with Crippen molar-refractivity contribution in [2.24, 2.45) is 23.7 Å². The summed E-state index contributed by atoms with van der Waals surface area (Å²) in [5.41, 5.74) is 4.68. The number of thiazole rings is 1. The molecule has 0 bridgehead atoms. The summed E-state index contributed by atoms with van der Waals surface area (Å²) in [4.78, 5) is 19.6. The molecule has 0 spiro atoms. The maximum Gasteiger partial charge on any atom is 0.137 e. The SMILES string of the molecule is CC[C@@]1(C2=CC=CCC2)c2scnc2CC2C[C@H](C(C)C)CC(=O)C21. The summed E-state index contributed by atoms with van der Waals surface area (Å²) in [5, 5.41) is 0. The molecule has 4 atom stereocenters. The third kappa shape index (κ3) is 2.58. The molecule has 0 N–H and O–H groups in total. The van der Waals surface area contributed by atoms with Crippen molar-refractivity contribution in [1.29, 1.82) is 0 Å². The van der Waals surface area contributed by atoms with E-state index in [-0.39, 0.29) is 11.3 Å². The molecule has 1 heterocycles. The topological polar surface area (TPSA) is 30.0 Å². The lowest BCUT2D eigenvalue weighted by Gasteiger charge is -2.51. The highest BCUT2D eigenvalue weighted by Gasteiger charge is 2.56. The smallest absolute Gasteiger partial charge is 0.137 e. The highest BCUT2D eigenvalue weighted by molar-refractivity contribution is 7.10. The molecule has 1 aromatic heterocycles. The summed E-state index contributed by atoms with van der Waals surface area (Å²) in [6.45, 7) is 6.83. The first kappa shape index (κ1) is 17.2. The lowest BCUT2D eigenvalue weighted by atomic mass is 9.52. The number of carbonyl (C=O) groups is 1. The first-order chi connectivity index (χ1) is 12.1. The number of aromatic nitrogens is 1. The molecule has 0 aromatic carbocycles. The van der Waals surface area contributed by atoms with Crippen LogP contribution in [0.1, 0.15) is 63.4 Å². The Morgan fingerprint density at radius 3 is 2.88 bits per heavy atom. The Kier molecular flexibility index (Phi) is 4.47. The van der Waals surface area contributed by atoms with Crippen molar-refractivity contribution in [3.8, 4) is 0 Å². The van der Waals surface area contributed by atoms with E-state index in [1.165, 1.54) is 22.6 Å². The Hall–Kier alpha value is -1.22. The lowest BCUT2D eigenvalue weighted by molar-refractivity contribution is -0.132. The number of rotatable bonds is 3. The van der Waals surface area contributed by atoms with E-state index in [1.807, 2.05) is 5.51 Å². The van der Waals surface area contributed by atoms with Crippen LogP contribution in [-0.4, -0.2) is 10.8 Å². The van der Waals surface area contributed by atoms with Gasteiger partial charge in [-0.3, -0.25) is 4.79 Å². The van der Waals surface area contributed by atoms with E-state index < -0.39 is 0 Å². The van der Waals surface area contributed by atoms with Gasteiger partial charge < -0.3 is 0 Å². The van der Waals surface area contributed by atoms with E-state index in [0.717, 1.165) is 32.1 Å². The van der Waals surface area contributed by atoms with Gasteiger partial charge in [0, 0.05) is 22.6 Å². The van der Waals surface area contributed by atoms with Crippen molar-refractivity contribution in [3.05, 3.63) is 39.9 Å². The van der Waals surface area contributed by atoms with Crippen LogP contribution in [0.3, 0.4) is 0 Å². The molecule has 3 heteroatoms. The molecule has 1 aromatic rings. The quantitative estimate of drug-likeness (QED) is 0.717. The van der Waals surface area contributed by atoms with Gasteiger partial charge in [-0.05, 0) is 49.9 Å². The first-order valence-electron chi connectivity index (χ1n) is 9.89. The number of fused-ring (bicyclic) bond motifs is 2. The molecule has 3 aliphatic carbocycles. The molecule has 4 rings (SSSR count). The number of Topliss-reactive ketones (excluding diaryl/α,β-unsaturated/α-hetero) is 1. The van der Waals surface area contributed by atoms with E-state index in [4.69, 9.17) is 4.98 Å². The van der Waals surface area contributed by atoms with Gasteiger partial charge in [-0.25, -0.2) is 4.98 Å². The van der Waals surface area contributed by atoms with Crippen LogP contribution in [0.25, 0.3) is 0 Å². The van der Waals surface area contributed by atoms with Crippen molar-refractivity contribution in [2.75, 3.05) is 0 Å². The minimum atomic E-state index is -0.0940. The van der Waals surface area contributed by atoms with Crippen molar-refractivity contribution in [1.82, 2.24) is 4.98 Å². The Bertz CT molecular complexity index is 728. The second-order valence-electron chi connectivity index (χ2n) is 8.46. The predicted octanol–water partition coefficient (Wildman–Crippen LogP) is 5.49. The van der Waals surface area contributed by atoms with Crippen LogP contribution in [0.4, 0.5) is 0 Å². The highest BCUT2D eigenvalue weighted by Crippen LogP contribution is 2.57. The fraction of sp³-hybridized carbons (Fsp3) is 0.636. The minimum absolute atomic E-state index is 0.0940. The summed E-state index contributed by atoms with van der Waals surface area (Å²) >= 11 is 1.79. The van der Waals surface area contributed by atoms with Gasteiger partial charge >= 0.3 is 0 Å². The monoisotopic (exact) mass is 355 g/mol. The van der Waals surface area contributed by atoms with Gasteiger partial charge in [0.25, 0.3) is 0 Å². The van der Waals surface area contributed by atoms with Crippen LogP contribution in [-0.2, 0) is 16.6 Å². The molecule has 0 radical (unpaired) electrons. The third-order valence-electron chi connectivity index (χ3n) is 7.01. The van der Waals surface area contributed by atoms with Crippen LogP contribution in [0.15, 0.2) is 29.3 Å². The molecule has 0 amide bonds. The van der Waals surface area contributed by atoms with Gasteiger partial charge in [0.15, 0.2) is 0 Å². The van der Waals surface area contributed by atoms with Crippen molar-refractivity contribution in [3.63, 3.8) is 0 Å². The number of carbonyl (C=O) groups excluding carboxylic acids is 1. The molecule has 2 nitrogen and oxygen atoms in total. The van der Waals surface area contributed by atoms with Crippen molar-refractivity contribution < 1.29 is 4.79 Å². The van der Waals surface area contributed by atoms with Gasteiger partial charge in [0.1, 0.15) is 5.78 Å². The summed E-state index contributed by atoms with van der Waals surface area (Å²) < 4.78 is 0. The number of nitrogens with zero attached hydrogens (tertiary/aromatic N) is 1. The average Bonchev–Trinajstić information content (AvgIpc) is 3.09. The Morgan fingerprint density at radius 1 is 1.36 bits per heavy atom. The minimum Gasteiger partial charge on any atom is -0.299 e. The normalized spacial score (nSPS) is 34.6. The van der Waals surface area contributed by atoms with E-state index in [9.17, 15) is 4.79 Å². The van der Waals surface area contributed by atoms with Crippen LogP contribution >= 0.6 is 11.3 Å². The molecule has 134 valence electrons. The van der Waals surface area contributed by atoms with Gasteiger partial charge in [0.05, 0.1) is 11.2 Å². The van der Waals surface area contributed by atoms with Crippen molar-refractivity contribution in [2.45, 2.75) is 64.7 Å². The summed E-state index contributed by atoms with van der Waals surface area (Å²) in [6, 6.07) is 0. The van der Waals surface area contributed by atoms with Gasteiger partial charge in [-0.1, -0.05) is 44.6 Å². The maximum absolute atomic E-state index is 13.4. The fourth-order valence-electron chi connectivity index (χ4n) is 5.74. The Morgan fingerprint density at radius 2 is 2.20 bits per heavy atom. The van der Waals surface area contributed by atoms with Crippen molar-refractivity contribution >= 4 is 17.1 Å². The van der Waals surface area contributed by atoms with Gasteiger partial charge in [0.2, 0.25) is 0 Å². The summed E-state index contributed by atoms with van der Waals surface area (Å²) in [5.74, 6) is 2.29. The Balaban J connectivity index is 1.85. The van der Waals surface area contributed by atoms with Crippen LogP contribution in [0.2, 0.25) is 0 Å². The van der Waals surface area contributed by atoms with Crippen LogP contribution in [0, 0.1) is 23.7 Å². The summed E-state index contributed by atoms with van der Waals surface area (Å²) in [6.07, 6.45) is 12.9. The van der Waals surface area contributed by atoms with Crippen LogP contribution < -0.4 is 0 Å². The van der Waals surface area contributed by atoms with Crippen LogP contribution in [0.5, 0.6) is 0 Å². The van der Waals surface area contributed by atoms with E-state index in [0.29, 0.717) is 23.5 Å². The van der Waals surface area contributed by atoms with Gasteiger partial charge in [-0.2, -0.15) is 0 Å². The molecular formula is C22H29NOS. The lowest BCUT2D eigenvalue weighted by Crippen LogP contribution is -2.52. The van der Waals surface area contributed by atoms with Gasteiger partial charge in [-0.15, -0.1) is 11.3 Å². The fourth-order valence-corrected chi connectivity index (χ4v) is 6.91. The first-order valence-corrected chi connectivity index (χ1v) is 10.8. The van der Waals surface area contributed by atoms with E-state index in [2.05, 4.69) is 39.0 Å². The van der Waals surface area contributed by atoms with E-state index >= 15 is 0 Å². The third-order valence-corrected chi connectivity index (χ3v) is 8.05. The number of ketones is 1. The molecule has 3 aliphatic rings. The molecule has 25 heavy (non-hydrogen) atoms. The zero-order valence-electron chi connectivity index (χ0n) is 15.6. The number of hydrogen-bond acceptors (Lipinski definition) is 3. The summed E-state index contributed by atoms with van der Waals surface area (Å²) in [7, 11) is 0. The zero-order valence-corrected chi connectivity index (χ0v) is 16.4. The standard InChI is InChI=1S/C22H29NOS/c1-4-22(17-8-6-5-7-9-17)20-16(11-18-21(22)25-13-23-18)10-15(14(2)3)12-19(20)24/h5-6,8,13-16,20H,4,7,9-12H2,1-3H3/t15-,16?,20?,22-/m0/s1. The molecular weight excluding hydrogens is 326 g/mol. The number of hydrogen-bond donors (Lipinski definition) is 0. The molecule has 2 unspecified atom stereocenters. The molecule has 0 saturated heterocycles. The largest absolute Gasteiger partial charge is 0.299 e. The second-order valence-corrected chi connectivity index (χ2v) is 9.32. The molecule has 1 fully saturated rings. The Labute approximate surface area is 155 Å². The predicted molar refractivity (Wildman–Crippen MR) is 104 cm³/mol.